The van der Waals surface area contributed by atoms with E-state index in [4.69, 9.17) is 10.8 Å². The largest absolute Gasteiger partial charge is 0.508 e. The first-order valence-corrected chi connectivity index (χ1v) is 11.7. The highest BCUT2D eigenvalue weighted by atomic mass is 32.2. The molecule has 0 radical (unpaired) electrons. The second-order valence-corrected chi connectivity index (χ2v) is 8.55. The molecule has 8 N–H and O–H groups in total. The van der Waals surface area contributed by atoms with Gasteiger partial charge in [-0.2, -0.15) is 11.8 Å². The van der Waals surface area contributed by atoms with Crippen molar-refractivity contribution in [3.63, 3.8) is 0 Å². The zero-order valence-corrected chi connectivity index (χ0v) is 19.6. The van der Waals surface area contributed by atoms with Crippen LogP contribution in [0.5, 0.6) is 5.75 Å². The number of nitrogens with one attached hydrogen (secondary N) is 3. The van der Waals surface area contributed by atoms with Crippen molar-refractivity contribution in [3.8, 4) is 5.75 Å². The van der Waals surface area contributed by atoms with Crippen LogP contribution in [0.15, 0.2) is 24.3 Å². The summed E-state index contributed by atoms with van der Waals surface area (Å²) in [6, 6.07) is 0.837. The van der Waals surface area contributed by atoms with Gasteiger partial charge in [0.15, 0.2) is 0 Å². The maximum absolute atomic E-state index is 12.9. The summed E-state index contributed by atoms with van der Waals surface area (Å²) >= 11 is 1.39. The number of phenols is 1. The SMILES string of the molecule is CSCCC(NC(=O)C(CC(=O)O)NC(=O)C(C)N)C(=O)NC(Cc1ccc(O)cc1)C(=O)O. The molecule has 0 bridgehead atoms. The molecule has 4 atom stereocenters. The lowest BCUT2D eigenvalue weighted by atomic mass is 10.0. The molecule has 0 saturated carbocycles. The van der Waals surface area contributed by atoms with Gasteiger partial charge in [-0.15, -0.1) is 0 Å². The van der Waals surface area contributed by atoms with Gasteiger partial charge < -0.3 is 37.0 Å². The number of benzene rings is 1. The van der Waals surface area contributed by atoms with Crippen molar-refractivity contribution in [2.45, 2.75) is 50.4 Å². The van der Waals surface area contributed by atoms with Gasteiger partial charge in [-0.25, -0.2) is 4.79 Å². The highest BCUT2D eigenvalue weighted by Gasteiger charge is 2.31. The van der Waals surface area contributed by atoms with E-state index >= 15 is 0 Å². The van der Waals surface area contributed by atoms with Crippen LogP contribution in [0.2, 0.25) is 0 Å². The van der Waals surface area contributed by atoms with E-state index < -0.39 is 60.2 Å². The smallest absolute Gasteiger partial charge is 0.326 e. The summed E-state index contributed by atoms with van der Waals surface area (Å²) in [5, 5.41) is 35.0. The quantitative estimate of drug-likeness (QED) is 0.167. The molecule has 0 saturated heterocycles. The molecule has 12 nitrogen and oxygen atoms in total. The van der Waals surface area contributed by atoms with Gasteiger partial charge in [0, 0.05) is 6.42 Å². The van der Waals surface area contributed by atoms with E-state index in [-0.39, 0.29) is 18.6 Å². The molecule has 0 aliphatic carbocycles. The third-order valence-corrected chi connectivity index (χ3v) is 5.30. The Kier molecular flexibility index (Phi) is 11.9. The highest BCUT2D eigenvalue weighted by molar-refractivity contribution is 7.98. The monoisotopic (exact) mass is 498 g/mol. The van der Waals surface area contributed by atoms with Crippen LogP contribution in [0.3, 0.4) is 0 Å². The topological polar surface area (TPSA) is 208 Å². The van der Waals surface area contributed by atoms with E-state index in [9.17, 15) is 34.2 Å². The van der Waals surface area contributed by atoms with Gasteiger partial charge >= 0.3 is 11.9 Å². The molecule has 13 heteroatoms. The minimum absolute atomic E-state index is 0.00605. The van der Waals surface area contributed by atoms with Gasteiger partial charge in [0.25, 0.3) is 0 Å². The number of carboxylic acids is 2. The Labute approximate surface area is 200 Å². The van der Waals surface area contributed by atoms with Crippen LogP contribution in [-0.4, -0.2) is 81.2 Å². The van der Waals surface area contributed by atoms with Gasteiger partial charge in [0.2, 0.25) is 17.7 Å². The third kappa shape index (κ3) is 10.1. The Morgan fingerprint density at radius 2 is 1.44 bits per heavy atom. The minimum atomic E-state index is -1.48. The lowest BCUT2D eigenvalue weighted by Crippen LogP contribution is -2.57. The van der Waals surface area contributed by atoms with Crippen molar-refractivity contribution >= 4 is 41.4 Å². The Bertz CT molecular complexity index is 878. The molecule has 0 fully saturated rings. The molecule has 1 aromatic rings. The molecule has 34 heavy (non-hydrogen) atoms. The number of aromatic hydroxyl groups is 1. The minimum Gasteiger partial charge on any atom is -0.508 e. The molecule has 1 aromatic carbocycles. The normalized spacial score (nSPS) is 14.2. The summed E-state index contributed by atoms with van der Waals surface area (Å²) in [6.07, 6.45) is 1.10. The summed E-state index contributed by atoms with van der Waals surface area (Å²) in [6.45, 7) is 1.36. The van der Waals surface area contributed by atoms with Gasteiger partial charge in [0.05, 0.1) is 12.5 Å². The van der Waals surface area contributed by atoms with Crippen LogP contribution in [0.4, 0.5) is 0 Å². The Balaban J connectivity index is 2.98. The molecular formula is C21H30N4O8S. The van der Waals surface area contributed by atoms with Crippen molar-refractivity contribution in [2.75, 3.05) is 12.0 Å². The summed E-state index contributed by atoms with van der Waals surface area (Å²) in [7, 11) is 0. The molecule has 0 aliphatic heterocycles. The zero-order valence-electron chi connectivity index (χ0n) is 18.8. The standard InChI is InChI=1S/C21H30N4O8S/c1-11(22)18(29)24-15(10-17(27)28)20(31)23-14(7-8-34-2)19(30)25-16(21(32)33)9-12-3-5-13(26)6-4-12/h3-6,11,14-16,26H,7-10,22H2,1-2H3,(H,23,31)(H,24,29)(H,25,30)(H,27,28)(H,32,33). The molecule has 0 aromatic heterocycles. The van der Waals surface area contributed by atoms with Crippen molar-refractivity contribution in [3.05, 3.63) is 29.8 Å². The van der Waals surface area contributed by atoms with E-state index in [1.165, 1.54) is 43.0 Å². The number of hydrogen-bond donors (Lipinski definition) is 7. The predicted molar refractivity (Wildman–Crippen MR) is 124 cm³/mol. The highest BCUT2D eigenvalue weighted by Crippen LogP contribution is 2.12. The number of carbonyl (C=O) groups excluding carboxylic acids is 3. The van der Waals surface area contributed by atoms with E-state index in [2.05, 4.69) is 16.0 Å². The lowest BCUT2D eigenvalue weighted by Gasteiger charge is -2.24. The third-order valence-electron chi connectivity index (χ3n) is 4.66. The maximum atomic E-state index is 12.9. The first-order chi connectivity index (χ1) is 15.9. The number of hydrogen-bond acceptors (Lipinski definition) is 8. The summed E-state index contributed by atoms with van der Waals surface area (Å²) < 4.78 is 0. The molecule has 0 spiro atoms. The fourth-order valence-electron chi connectivity index (χ4n) is 2.80. The van der Waals surface area contributed by atoms with Crippen LogP contribution in [0.1, 0.15) is 25.3 Å². The second-order valence-electron chi connectivity index (χ2n) is 7.56. The summed E-state index contributed by atoms with van der Waals surface area (Å²) in [5.74, 6) is -4.65. The van der Waals surface area contributed by atoms with E-state index in [1.807, 2.05) is 0 Å². The summed E-state index contributed by atoms with van der Waals surface area (Å²) in [4.78, 5) is 60.3. The van der Waals surface area contributed by atoms with Crippen LogP contribution < -0.4 is 21.7 Å². The first-order valence-electron chi connectivity index (χ1n) is 10.3. The molecule has 1 rings (SSSR count). The number of rotatable bonds is 14. The number of nitrogens with two attached hydrogens (primary N) is 1. The number of carboxylic acid groups (broad SMARTS) is 2. The van der Waals surface area contributed by atoms with Gasteiger partial charge in [-0.1, -0.05) is 12.1 Å². The van der Waals surface area contributed by atoms with Crippen molar-refractivity contribution in [2.24, 2.45) is 5.73 Å². The van der Waals surface area contributed by atoms with E-state index in [1.54, 1.807) is 6.26 Å². The average Bonchev–Trinajstić information content (AvgIpc) is 2.76. The molecule has 0 aliphatic rings. The van der Waals surface area contributed by atoms with Crippen LogP contribution in [-0.2, 0) is 30.4 Å². The van der Waals surface area contributed by atoms with E-state index in [0.29, 0.717) is 11.3 Å². The summed E-state index contributed by atoms with van der Waals surface area (Å²) in [5.41, 5.74) is 6.01. The van der Waals surface area contributed by atoms with Crippen molar-refractivity contribution in [1.29, 1.82) is 0 Å². The number of phenolic OH excluding ortho intramolecular Hbond substituents is 1. The Hall–Kier alpha value is -3.32. The first kappa shape index (κ1) is 28.7. The average molecular weight is 499 g/mol. The van der Waals surface area contributed by atoms with Gasteiger partial charge in [0.1, 0.15) is 23.9 Å². The van der Waals surface area contributed by atoms with Crippen LogP contribution in [0, 0.1) is 0 Å². The zero-order chi connectivity index (χ0) is 25.8. The number of aliphatic carboxylic acids is 2. The van der Waals surface area contributed by atoms with Gasteiger partial charge in [-0.3, -0.25) is 19.2 Å². The number of carbonyl (C=O) groups is 5. The van der Waals surface area contributed by atoms with Crippen LogP contribution in [0.25, 0.3) is 0 Å². The number of thioether (sulfide) groups is 1. The van der Waals surface area contributed by atoms with Gasteiger partial charge in [-0.05, 0) is 43.0 Å². The molecular weight excluding hydrogens is 468 g/mol. The fourth-order valence-corrected chi connectivity index (χ4v) is 3.28. The predicted octanol–water partition coefficient (Wildman–Crippen LogP) is -0.951. The Morgan fingerprint density at radius 1 is 0.912 bits per heavy atom. The lowest BCUT2D eigenvalue weighted by molar-refractivity contribution is -0.143. The molecule has 3 amide bonds. The second kappa shape index (κ2) is 14.1. The Morgan fingerprint density at radius 3 is 1.94 bits per heavy atom. The fraction of sp³-hybridized carbons (Fsp3) is 0.476. The molecule has 4 unspecified atom stereocenters. The number of amides is 3. The molecule has 188 valence electrons. The molecule has 0 heterocycles. The van der Waals surface area contributed by atoms with E-state index in [0.717, 1.165) is 0 Å². The van der Waals surface area contributed by atoms with Crippen molar-refractivity contribution in [1.82, 2.24) is 16.0 Å². The van der Waals surface area contributed by atoms with Crippen LogP contribution >= 0.6 is 11.8 Å². The maximum Gasteiger partial charge on any atom is 0.326 e. The van der Waals surface area contributed by atoms with Crippen molar-refractivity contribution < 1.29 is 39.3 Å².